The summed E-state index contributed by atoms with van der Waals surface area (Å²) in [6, 6.07) is 3.87. The van der Waals surface area contributed by atoms with Crippen molar-refractivity contribution >= 4 is 23.6 Å². The van der Waals surface area contributed by atoms with Crippen LogP contribution in [-0.4, -0.2) is 46.4 Å². The number of hydrogen-bond donors (Lipinski definition) is 2. The van der Waals surface area contributed by atoms with E-state index in [0.717, 1.165) is 0 Å². The molecule has 24 heavy (non-hydrogen) atoms. The van der Waals surface area contributed by atoms with Crippen molar-refractivity contribution < 1.29 is 19.1 Å². The van der Waals surface area contributed by atoms with Crippen LogP contribution in [0.15, 0.2) is 18.2 Å². The molecule has 2 rings (SSSR count). The minimum absolute atomic E-state index is 0.125. The molecule has 0 aromatic carbocycles. The fraction of sp³-hybridized carbons (Fsp3) is 0.467. The number of carbonyl (C=O) groups is 2. The fourth-order valence-corrected chi connectivity index (χ4v) is 2.16. The summed E-state index contributed by atoms with van der Waals surface area (Å²) in [6.07, 6.45) is 0. The molecule has 9 heteroatoms. The lowest BCUT2D eigenvalue weighted by Crippen LogP contribution is -2.47. The monoisotopic (exact) mass is 335 g/mol. The molecule has 0 saturated carbocycles. The number of fused-ring (bicyclic) bond motifs is 1. The van der Waals surface area contributed by atoms with Crippen LogP contribution in [0.4, 0.5) is 10.7 Å². The number of nitrogens with one attached hydrogen (secondary N) is 2. The Morgan fingerprint density at radius 3 is 2.67 bits per heavy atom. The number of methoxy groups -OCH3 is 1. The Morgan fingerprint density at radius 2 is 2.04 bits per heavy atom. The van der Waals surface area contributed by atoms with Crippen LogP contribution < -0.4 is 15.4 Å². The van der Waals surface area contributed by atoms with E-state index in [2.05, 4.69) is 20.8 Å². The Bertz CT molecular complexity index is 728. The summed E-state index contributed by atoms with van der Waals surface area (Å²) in [7, 11) is 1.51. The first-order valence-corrected chi connectivity index (χ1v) is 7.60. The van der Waals surface area contributed by atoms with Gasteiger partial charge in [-0.3, -0.25) is 5.32 Å². The summed E-state index contributed by atoms with van der Waals surface area (Å²) >= 11 is 0. The van der Waals surface area contributed by atoms with Crippen LogP contribution in [0.5, 0.6) is 5.88 Å². The molecule has 0 aliphatic heterocycles. The highest BCUT2D eigenvalue weighted by Crippen LogP contribution is 2.18. The van der Waals surface area contributed by atoms with Gasteiger partial charge in [-0.1, -0.05) is 19.9 Å². The van der Waals surface area contributed by atoms with Gasteiger partial charge in [-0.2, -0.15) is 0 Å². The van der Waals surface area contributed by atoms with Crippen LogP contribution in [0, 0.1) is 5.92 Å². The maximum absolute atomic E-state index is 12.2. The van der Waals surface area contributed by atoms with Crippen LogP contribution in [0.3, 0.4) is 0 Å². The number of anilines is 1. The number of aromatic nitrogens is 3. The number of hydrogen-bond acceptors (Lipinski definition) is 6. The first-order valence-electron chi connectivity index (χ1n) is 7.60. The second-order valence-corrected chi connectivity index (χ2v) is 5.36. The minimum Gasteiger partial charge on any atom is -0.482 e. The molecule has 2 heterocycles. The van der Waals surface area contributed by atoms with Gasteiger partial charge in [0.1, 0.15) is 6.04 Å². The van der Waals surface area contributed by atoms with Gasteiger partial charge in [-0.25, -0.2) is 14.0 Å². The summed E-state index contributed by atoms with van der Waals surface area (Å²) in [5.74, 6) is 0.0516. The molecule has 130 valence electrons. The molecule has 0 aliphatic carbocycles. The van der Waals surface area contributed by atoms with E-state index in [4.69, 9.17) is 9.47 Å². The van der Waals surface area contributed by atoms with Crippen molar-refractivity contribution in [2.75, 3.05) is 19.0 Å². The van der Waals surface area contributed by atoms with E-state index in [1.54, 1.807) is 29.5 Å². The number of esters is 1. The average Bonchev–Trinajstić information content (AvgIpc) is 2.95. The summed E-state index contributed by atoms with van der Waals surface area (Å²) in [6.45, 7) is 5.59. The van der Waals surface area contributed by atoms with Gasteiger partial charge in [0.05, 0.1) is 13.7 Å². The molecule has 0 spiro atoms. The highest BCUT2D eigenvalue weighted by molar-refractivity contribution is 5.91. The van der Waals surface area contributed by atoms with Crippen LogP contribution in [-0.2, 0) is 9.53 Å². The normalized spacial score (nSPS) is 12.0. The molecule has 0 unspecified atom stereocenters. The number of amides is 2. The molecule has 1 atom stereocenters. The molecule has 2 N–H and O–H groups in total. The third-order valence-electron chi connectivity index (χ3n) is 3.32. The molecule has 0 fully saturated rings. The molecule has 0 radical (unpaired) electrons. The molecule has 2 aromatic heterocycles. The number of carbonyl (C=O) groups excluding carboxylic acids is 2. The number of pyridine rings is 1. The van der Waals surface area contributed by atoms with Crippen molar-refractivity contribution in [2.24, 2.45) is 5.92 Å². The van der Waals surface area contributed by atoms with E-state index in [0.29, 0.717) is 11.5 Å². The highest BCUT2D eigenvalue weighted by Gasteiger charge is 2.26. The topological polar surface area (TPSA) is 107 Å². The Balaban J connectivity index is 2.16. The molecule has 0 saturated heterocycles. The first kappa shape index (κ1) is 17.5. The molecule has 0 aliphatic rings. The van der Waals surface area contributed by atoms with Gasteiger partial charge in [0.15, 0.2) is 5.65 Å². The Morgan fingerprint density at radius 1 is 1.29 bits per heavy atom. The van der Waals surface area contributed by atoms with E-state index >= 15 is 0 Å². The standard InChI is InChI=1S/C15H21N5O4/c1-5-24-13(21)12(9(2)3)16-15(22)17-14-19-18-10-7-6-8-11(23-4)20(10)14/h6-9,12H,5H2,1-4H3,(H2,16,17,19,22)/t12-/m1/s1. The predicted molar refractivity (Wildman–Crippen MR) is 87.0 cm³/mol. The number of nitrogens with zero attached hydrogens (tertiary/aromatic N) is 3. The molecular weight excluding hydrogens is 314 g/mol. The quantitative estimate of drug-likeness (QED) is 0.774. The van der Waals surface area contributed by atoms with Crippen LogP contribution in [0.2, 0.25) is 0 Å². The summed E-state index contributed by atoms with van der Waals surface area (Å²) in [5, 5.41) is 13.0. The van der Waals surface area contributed by atoms with Crippen molar-refractivity contribution in [3.63, 3.8) is 0 Å². The van der Waals surface area contributed by atoms with Crippen molar-refractivity contribution in [1.82, 2.24) is 19.9 Å². The average molecular weight is 335 g/mol. The molecule has 0 bridgehead atoms. The lowest BCUT2D eigenvalue weighted by molar-refractivity contribution is -0.146. The van der Waals surface area contributed by atoms with E-state index in [9.17, 15) is 9.59 Å². The summed E-state index contributed by atoms with van der Waals surface area (Å²) in [5.41, 5.74) is 0.524. The van der Waals surface area contributed by atoms with Crippen LogP contribution >= 0.6 is 0 Å². The Kier molecular flexibility index (Phi) is 5.56. The number of urea groups is 1. The lowest BCUT2D eigenvalue weighted by Gasteiger charge is -2.20. The Hall–Kier alpha value is -2.84. The number of ether oxygens (including phenoxy) is 2. The first-order chi connectivity index (χ1) is 11.5. The SMILES string of the molecule is CCOC(=O)[C@H](NC(=O)Nc1nnc2cccc(OC)n12)C(C)C. The molecule has 2 aromatic rings. The second-order valence-electron chi connectivity index (χ2n) is 5.36. The van der Waals surface area contributed by atoms with Crippen molar-refractivity contribution in [3.05, 3.63) is 18.2 Å². The second kappa shape index (κ2) is 7.62. The summed E-state index contributed by atoms with van der Waals surface area (Å²) in [4.78, 5) is 24.1. The van der Waals surface area contributed by atoms with Gasteiger partial charge < -0.3 is 14.8 Å². The lowest BCUT2D eigenvalue weighted by atomic mass is 10.1. The van der Waals surface area contributed by atoms with E-state index in [-0.39, 0.29) is 18.5 Å². The summed E-state index contributed by atoms with van der Waals surface area (Å²) < 4.78 is 11.8. The zero-order chi connectivity index (χ0) is 17.7. The van der Waals surface area contributed by atoms with Gasteiger partial charge in [0.2, 0.25) is 11.8 Å². The zero-order valence-electron chi connectivity index (χ0n) is 14.1. The highest BCUT2D eigenvalue weighted by atomic mass is 16.5. The zero-order valence-corrected chi connectivity index (χ0v) is 14.1. The smallest absolute Gasteiger partial charge is 0.328 e. The van der Waals surface area contributed by atoms with Crippen LogP contribution in [0.25, 0.3) is 5.65 Å². The molecule has 2 amide bonds. The van der Waals surface area contributed by atoms with Gasteiger partial charge in [0.25, 0.3) is 0 Å². The van der Waals surface area contributed by atoms with Crippen molar-refractivity contribution in [1.29, 1.82) is 0 Å². The van der Waals surface area contributed by atoms with Gasteiger partial charge in [0, 0.05) is 0 Å². The molecule has 9 nitrogen and oxygen atoms in total. The van der Waals surface area contributed by atoms with E-state index < -0.39 is 18.0 Å². The van der Waals surface area contributed by atoms with Gasteiger partial charge in [-0.05, 0) is 25.0 Å². The Labute approximate surface area is 139 Å². The van der Waals surface area contributed by atoms with Gasteiger partial charge in [-0.15, -0.1) is 10.2 Å². The fourth-order valence-electron chi connectivity index (χ4n) is 2.16. The van der Waals surface area contributed by atoms with E-state index in [1.807, 2.05) is 13.8 Å². The predicted octanol–water partition coefficient (Wildman–Crippen LogP) is 1.45. The molecular formula is C15H21N5O4. The number of rotatable bonds is 6. The largest absolute Gasteiger partial charge is 0.482 e. The maximum atomic E-state index is 12.2. The van der Waals surface area contributed by atoms with Crippen molar-refractivity contribution in [2.45, 2.75) is 26.8 Å². The van der Waals surface area contributed by atoms with Crippen LogP contribution in [0.1, 0.15) is 20.8 Å². The third kappa shape index (κ3) is 3.73. The van der Waals surface area contributed by atoms with Gasteiger partial charge >= 0.3 is 12.0 Å². The van der Waals surface area contributed by atoms with E-state index in [1.165, 1.54) is 7.11 Å². The third-order valence-corrected chi connectivity index (χ3v) is 3.32. The minimum atomic E-state index is -0.758. The maximum Gasteiger partial charge on any atom is 0.328 e. The van der Waals surface area contributed by atoms with Crippen molar-refractivity contribution in [3.8, 4) is 5.88 Å².